The zero-order chi connectivity index (χ0) is 14.9. The molecule has 0 aliphatic heterocycles. The topological polar surface area (TPSA) is 71.1 Å². The molecule has 2 heterocycles. The summed E-state index contributed by atoms with van der Waals surface area (Å²) in [5.41, 5.74) is 1.72. The first-order chi connectivity index (χ1) is 9.33. The van der Waals surface area contributed by atoms with E-state index >= 15 is 0 Å². The first-order valence-corrected chi connectivity index (χ1v) is 9.72. The molecule has 2 N–H and O–H groups in total. The van der Waals surface area contributed by atoms with Gasteiger partial charge in [0.25, 0.3) is 10.0 Å². The van der Waals surface area contributed by atoms with Crippen LogP contribution in [0.3, 0.4) is 0 Å². The second-order valence-electron chi connectivity index (χ2n) is 4.22. The normalized spacial score (nSPS) is 13.4. The highest BCUT2D eigenvalue weighted by Crippen LogP contribution is 2.32. The van der Waals surface area contributed by atoms with Crippen LogP contribution in [0.4, 0.5) is 5.13 Å². The van der Waals surface area contributed by atoms with Crippen molar-refractivity contribution in [3.8, 4) is 0 Å². The first kappa shape index (κ1) is 15.9. The second-order valence-corrected chi connectivity index (χ2v) is 9.35. The van der Waals surface area contributed by atoms with Gasteiger partial charge in [-0.1, -0.05) is 0 Å². The Balaban J connectivity index is 2.22. The molecule has 0 bridgehead atoms. The Bertz CT molecular complexity index is 689. The lowest BCUT2D eigenvalue weighted by Gasteiger charge is -2.05. The van der Waals surface area contributed by atoms with Crippen LogP contribution in [-0.4, -0.2) is 20.4 Å². The monoisotopic (exact) mass is 395 g/mol. The fourth-order valence-electron chi connectivity index (χ4n) is 1.41. The lowest BCUT2D eigenvalue weighted by Crippen LogP contribution is -2.14. The van der Waals surface area contributed by atoms with Crippen LogP contribution in [0.25, 0.3) is 0 Å². The summed E-state index contributed by atoms with van der Waals surface area (Å²) in [5, 5.41) is 5.28. The van der Waals surface area contributed by atoms with Crippen LogP contribution in [0.2, 0.25) is 0 Å². The molecular formula is C11H14BrN3O2S3. The van der Waals surface area contributed by atoms with E-state index in [0.29, 0.717) is 5.13 Å². The standard InChI is InChI=1S/C11H14BrN3O2S3/c1-6-4-9(19-10(6)12)20(16,17)15-11-14-8(5-18-11)7(2)13-3/h4-5,7,13H,1-3H3,(H,14,15). The van der Waals surface area contributed by atoms with E-state index in [-0.39, 0.29) is 10.3 Å². The van der Waals surface area contributed by atoms with Gasteiger partial charge in [0, 0.05) is 11.4 Å². The molecule has 2 aromatic rings. The van der Waals surface area contributed by atoms with Crippen molar-refractivity contribution >= 4 is 53.8 Å². The molecule has 0 fully saturated rings. The molecule has 0 amide bonds. The molecule has 110 valence electrons. The van der Waals surface area contributed by atoms with Crippen LogP contribution in [0.15, 0.2) is 19.4 Å². The summed E-state index contributed by atoms with van der Waals surface area (Å²) < 4.78 is 28.1. The number of aromatic nitrogens is 1. The molecule has 0 spiro atoms. The Morgan fingerprint density at radius 1 is 1.45 bits per heavy atom. The third-order valence-electron chi connectivity index (χ3n) is 2.72. The van der Waals surface area contributed by atoms with Crippen molar-refractivity contribution in [2.75, 3.05) is 11.8 Å². The predicted molar refractivity (Wildman–Crippen MR) is 87.2 cm³/mol. The van der Waals surface area contributed by atoms with Gasteiger partial charge >= 0.3 is 0 Å². The molecule has 0 aromatic carbocycles. The van der Waals surface area contributed by atoms with Gasteiger partial charge in [-0.3, -0.25) is 4.72 Å². The quantitative estimate of drug-likeness (QED) is 0.813. The van der Waals surface area contributed by atoms with Crippen molar-refractivity contribution in [2.45, 2.75) is 24.1 Å². The molecule has 0 saturated heterocycles. The van der Waals surface area contributed by atoms with E-state index < -0.39 is 10.0 Å². The lowest BCUT2D eigenvalue weighted by molar-refractivity contribution is 0.603. The molecule has 1 atom stereocenters. The van der Waals surface area contributed by atoms with E-state index in [1.807, 2.05) is 26.3 Å². The largest absolute Gasteiger partial charge is 0.312 e. The maximum atomic E-state index is 12.2. The number of thiophene rings is 1. The smallest absolute Gasteiger partial charge is 0.273 e. The van der Waals surface area contributed by atoms with Gasteiger partial charge in [0.1, 0.15) is 4.21 Å². The van der Waals surface area contributed by atoms with Gasteiger partial charge in [0.2, 0.25) is 0 Å². The third kappa shape index (κ3) is 3.40. The van der Waals surface area contributed by atoms with Gasteiger partial charge in [-0.15, -0.1) is 22.7 Å². The number of anilines is 1. The van der Waals surface area contributed by atoms with E-state index in [2.05, 4.69) is 31.0 Å². The molecule has 2 aromatic heterocycles. The van der Waals surface area contributed by atoms with Gasteiger partial charge < -0.3 is 5.32 Å². The average Bonchev–Trinajstić information content (AvgIpc) is 2.96. The van der Waals surface area contributed by atoms with Crippen LogP contribution in [-0.2, 0) is 10.0 Å². The number of nitrogens with one attached hydrogen (secondary N) is 2. The number of rotatable bonds is 5. The summed E-state index contributed by atoms with van der Waals surface area (Å²) in [7, 11) is -1.73. The van der Waals surface area contributed by atoms with Crippen LogP contribution >= 0.6 is 38.6 Å². The van der Waals surface area contributed by atoms with E-state index in [1.54, 1.807) is 6.07 Å². The van der Waals surface area contributed by atoms with Crippen LogP contribution < -0.4 is 10.0 Å². The number of halogens is 1. The predicted octanol–water partition coefficient (Wildman–Crippen LogP) is 3.36. The van der Waals surface area contributed by atoms with Gasteiger partial charge in [0.15, 0.2) is 5.13 Å². The highest BCUT2D eigenvalue weighted by Gasteiger charge is 2.20. The lowest BCUT2D eigenvalue weighted by atomic mass is 10.3. The maximum Gasteiger partial charge on any atom is 0.273 e. The molecule has 0 saturated carbocycles. The van der Waals surface area contributed by atoms with E-state index in [9.17, 15) is 8.42 Å². The second kappa shape index (κ2) is 6.10. The minimum Gasteiger partial charge on any atom is -0.312 e. The Hall–Kier alpha value is -0.480. The zero-order valence-electron chi connectivity index (χ0n) is 11.1. The number of hydrogen-bond donors (Lipinski definition) is 2. The number of thiazole rings is 1. The Morgan fingerprint density at radius 3 is 2.70 bits per heavy atom. The minimum absolute atomic E-state index is 0.0858. The Labute approximate surface area is 134 Å². The maximum absolute atomic E-state index is 12.2. The highest BCUT2D eigenvalue weighted by molar-refractivity contribution is 9.11. The number of aryl methyl sites for hydroxylation is 1. The number of sulfonamides is 1. The number of nitrogens with zero attached hydrogens (tertiary/aromatic N) is 1. The molecule has 0 aliphatic carbocycles. The fraction of sp³-hybridized carbons (Fsp3) is 0.364. The summed E-state index contributed by atoms with van der Waals surface area (Å²) in [5.74, 6) is 0. The molecule has 0 radical (unpaired) electrons. The fourth-order valence-corrected chi connectivity index (χ4v) is 5.69. The number of hydrogen-bond acceptors (Lipinski definition) is 6. The molecule has 5 nitrogen and oxygen atoms in total. The highest BCUT2D eigenvalue weighted by atomic mass is 79.9. The van der Waals surface area contributed by atoms with Gasteiger partial charge in [-0.05, 0) is 48.5 Å². The van der Waals surface area contributed by atoms with Crippen molar-refractivity contribution in [1.82, 2.24) is 10.3 Å². The van der Waals surface area contributed by atoms with Gasteiger partial charge in [-0.2, -0.15) is 0 Å². The van der Waals surface area contributed by atoms with E-state index in [1.165, 1.54) is 22.7 Å². The molecule has 20 heavy (non-hydrogen) atoms. The van der Waals surface area contributed by atoms with Crippen LogP contribution in [0.1, 0.15) is 24.2 Å². The summed E-state index contributed by atoms with van der Waals surface area (Å²) in [6, 6.07) is 1.73. The van der Waals surface area contributed by atoms with Gasteiger partial charge in [-0.25, -0.2) is 13.4 Å². The molecule has 9 heteroatoms. The van der Waals surface area contributed by atoms with Crippen molar-refractivity contribution in [2.24, 2.45) is 0 Å². The summed E-state index contributed by atoms with van der Waals surface area (Å²) in [6.45, 7) is 3.82. The van der Waals surface area contributed by atoms with E-state index in [0.717, 1.165) is 15.0 Å². The van der Waals surface area contributed by atoms with Gasteiger partial charge in [0.05, 0.1) is 9.48 Å². The summed E-state index contributed by atoms with van der Waals surface area (Å²) in [6.07, 6.45) is 0. The molecular weight excluding hydrogens is 382 g/mol. The SMILES string of the molecule is CNC(C)c1csc(NS(=O)(=O)c2cc(C)c(Br)s2)n1. The van der Waals surface area contributed by atoms with Crippen molar-refractivity contribution in [3.63, 3.8) is 0 Å². The van der Waals surface area contributed by atoms with E-state index in [4.69, 9.17) is 0 Å². The van der Waals surface area contributed by atoms with Crippen LogP contribution in [0.5, 0.6) is 0 Å². The summed E-state index contributed by atoms with van der Waals surface area (Å²) in [4.78, 5) is 4.28. The molecule has 2 rings (SSSR count). The molecule has 1 unspecified atom stereocenters. The van der Waals surface area contributed by atoms with Crippen molar-refractivity contribution in [1.29, 1.82) is 0 Å². The zero-order valence-corrected chi connectivity index (χ0v) is 15.1. The van der Waals surface area contributed by atoms with Crippen molar-refractivity contribution in [3.05, 3.63) is 26.5 Å². The minimum atomic E-state index is -3.57. The van der Waals surface area contributed by atoms with Crippen molar-refractivity contribution < 1.29 is 8.42 Å². The molecule has 0 aliphatic rings. The average molecular weight is 396 g/mol. The van der Waals surface area contributed by atoms with Crippen LogP contribution in [0, 0.1) is 6.92 Å². The third-order valence-corrected chi connectivity index (χ3v) is 7.57. The summed E-state index contributed by atoms with van der Waals surface area (Å²) >= 11 is 5.80. The first-order valence-electron chi connectivity index (χ1n) is 5.75. The Kier molecular flexibility index (Phi) is 4.85. The Morgan fingerprint density at radius 2 is 2.15 bits per heavy atom.